The number of fused-ring (bicyclic) bond motifs is 9. The van der Waals surface area contributed by atoms with Gasteiger partial charge in [0.25, 0.3) is 0 Å². The van der Waals surface area contributed by atoms with Gasteiger partial charge in [-0.25, -0.2) is 0 Å². The van der Waals surface area contributed by atoms with Crippen LogP contribution < -0.4 is 0 Å². The van der Waals surface area contributed by atoms with E-state index in [1.54, 1.807) is 0 Å². The summed E-state index contributed by atoms with van der Waals surface area (Å²) in [7, 11) is 0. The molecular formula is C36H22O. The molecule has 7 aromatic carbocycles. The average molecular weight is 471 g/mol. The van der Waals surface area contributed by atoms with E-state index in [0.717, 1.165) is 21.9 Å². The second kappa shape index (κ2) is 7.81. The molecular weight excluding hydrogens is 448 g/mol. The molecule has 1 heterocycles. The molecule has 0 saturated heterocycles. The molecule has 0 saturated carbocycles. The highest BCUT2D eigenvalue weighted by Gasteiger charge is 2.17. The molecule has 8 rings (SSSR count). The van der Waals surface area contributed by atoms with E-state index in [-0.39, 0.29) is 0 Å². The Morgan fingerprint density at radius 1 is 0.351 bits per heavy atom. The quantitative estimate of drug-likeness (QED) is 0.229. The molecule has 0 spiro atoms. The Kier molecular flexibility index (Phi) is 4.29. The summed E-state index contributed by atoms with van der Waals surface area (Å²) in [4.78, 5) is 0. The fraction of sp³-hybridized carbons (Fsp3) is 0. The summed E-state index contributed by atoms with van der Waals surface area (Å²) in [5.41, 5.74) is 6.68. The minimum Gasteiger partial charge on any atom is -0.455 e. The molecule has 0 aliphatic carbocycles. The lowest BCUT2D eigenvalue weighted by atomic mass is 9.93. The van der Waals surface area contributed by atoms with Crippen molar-refractivity contribution in [3.05, 3.63) is 133 Å². The van der Waals surface area contributed by atoms with Crippen molar-refractivity contribution in [1.82, 2.24) is 0 Å². The number of furan rings is 1. The Morgan fingerprint density at radius 2 is 1.00 bits per heavy atom. The van der Waals surface area contributed by atoms with Gasteiger partial charge >= 0.3 is 0 Å². The van der Waals surface area contributed by atoms with Gasteiger partial charge in [0.2, 0.25) is 0 Å². The molecule has 0 radical (unpaired) electrons. The molecule has 0 aliphatic heterocycles. The summed E-state index contributed by atoms with van der Waals surface area (Å²) >= 11 is 0. The van der Waals surface area contributed by atoms with E-state index in [1.807, 2.05) is 6.07 Å². The first-order chi connectivity index (χ1) is 18.3. The van der Waals surface area contributed by atoms with Crippen LogP contribution in [0.3, 0.4) is 0 Å². The van der Waals surface area contributed by atoms with Gasteiger partial charge in [0.1, 0.15) is 11.2 Å². The van der Waals surface area contributed by atoms with E-state index >= 15 is 0 Å². The lowest BCUT2D eigenvalue weighted by Gasteiger charge is -2.10. The number of benzene rings is 7. The average Bonchev–Trinajstić information content (AvgIpc) is 3.36. The Balaban J connectivity index is 1.41. The zero-order valence-corrected chi connectivity index (χ0v) is 20.1. The second-order valence-electron chi connectivity index (χ2n) is 9.75. The normalized spacial score (nSPS) is 11.8. The molecule has 0 atom stereocenters. The summed E-state index contributed by atoms with van der Waals surface area (Å²) in [6.07, 6.45) is 0. The third-order valence-electron chi connectivity index (χ3n) is 7.63. The molecule has 0 unspecified atom stereocenters. The summed E-state index contributed by atoms with van der Waals surface area (Å²) in [5.74, 6) is 0. The number of hydrogen-bond acceptors (Lipinski definition) is 1. The van der Waals surface area contributed by atoms with E-state index in [9.17, 15) is 0 Å². The second-order valence-corrected chi connectivity index (χ2v) is 9.75. The first-order valence-electron chi connectivity index (χ1n) is 12.7. The van der Waals surface area contributed by atoms with Gasteiger partial charge < -0.3 is 4.42 Å². The van der Waals surface area contributed by atoms with Crippen molar-refractivity contribution in [1.29, 1.82) is 0 Å². The van der Waals surface area contributed by atoms with Gasteiger partial charge in [-0.1, -0.05) is 103 Å². The summed E-state index contributed by atoms with van der Waals surface area (Å²) < 4.78 is 6.64. The van der Waals surface area contributed by atoms with Crippen LogP contribution in [-0.4, -0.2) is 0 Å². The maximum Gasteiger partial charge on any atom is 0.143 e. The fourth-order valence-electron chi connectivity index (χ4n) is 5.81. The molecule has 0 amide bonds. The fourth-order valence-corrected chi connectivity index (χ4v) is 5.81. The smallest absolute Gasteiger partial charge is 0.143 e. The van der Waals surface area contributed by atoms with Crippen molar-refractivity contribution in [3.63, 3.8) is 0 Å². The summed E-state index contributed by atoms with van der Waals surface area (Å²) in [5, 5.41) is 9.71. The highest BCUT2D eigenvalue weighted by atomic mass is 16.3. The van der Waals surface area contributed by atoms with Crippen LogP contribution in [0.25, 0.3) is 76.5 Å². The molecule has 0 bridgehead atoms. The molecule has 0 fully saturated rings. The first kappa shape index (κ1) is 20.3. The van der Waals surface area contributed by atoms with Gasteiger partial charge in [-0.15, -0.1) is 0 Å². The van der Waals surface area contributed by atoms with Crippen LogP contribution in [0.4, 0.5) is 0 Å². The van der Waals surface area contributed by atoms with Gasteiger partial charge in [0.15, 0.2) is 0 Å². The van der Waals surface area contributed by atoms with Gasteiger partial charge in [-0.05, 0) is 79.5 Å². The highest BCUT2D eigenvalue weighted by Crippen LogP contribution is 2.42. The SMILES string of the molecule is c1ccc(-c2ccc3c(c2)oc2c4ccc(-c5ccc6ccccc6c5)cc4c4ccccc4c32)cc1. The van der Waals surface area contributed by atoms with Crippen LogP contribution in [0.1, 0.15) is 0 Å². The molecule has 1 nitrogen and oxygen atoms in total. The van der Waals surface area contributed by atoms with Crippen molar-refractivity contribution >= 4 is 54.3 Å². The summed E-state index contributed by atoms with van der Waals surface area (Å²) in [6, 6.07) is 47.8. The molecule has 1 aromatic heterocycles. The number of rotatable bonds is 2. The van der Waals surface area contributed by atoms with Crippen LogP contribution in [-0.2, 0) is 0 Å². The first-order valence-corrected chi connectivity index (χ1v) is 12.7. The van der Waals surface area contributed by atoms with E-state index in [1.165, 1.54) is 54.6 Å². The molecule has 172 valence electrons. The van der Waals surface area contributed by atoms with Gasteiger partial charge in [0, 0.05) is 16.2 Å². The third-order valence-corrected chi connectivity index (χ3v) is 7.63. The van der Waals surface area contributed by atoms with Crippen LogP contribution in [0, 0.1) is 0 Å². The molecule has 8 aromatic rings. The van der Waals surface area contributed by atoms with Crippen molar-refractivity contribution in [3.8, 4) is 22.3 Å². The largest absolute Gasteiger partial charge is 0.455 e. The molecule has 0 aliphatic rings. The Morgan fingerprint density at radius 3 is 1.86 bits per heavy atom. The van der Waals surface area contributed by atoms with Crippen LogP contribution in [0.15, 0.2) is 138 Å². The summed E-state index contributed by atoms with van der Waals surface area (Å²) in [6.45, 7) is 0. The van der Waals surface area contributed by atoms with Crippen molar-refractivity contribution in [2.45, 2.75) is 0 Å². The van der Waals surface area contributed by atoms with Crippen molar-refractivity contribution < 1.29 is 4.42 Å². The predicted molar refractivity (Wildman–Crippen MR) is 157 cm³/mol. The Hall–Kier alpha value is -4.88. The van der Waals surface area contributed by atoms with Gasteiger partial charge in [-0.2, -0.15) is 0 Å². The predicted octanol–water partition coefficient (Wildman–Crippen LogP) is 10.4. The topological polar surface area (TPSA) is 13.1 Å². The Bertz CT molecular complexity index is 2130. The van der Waals surface area contributed by atoms with Gasteiger partial charge in [-0.3, -0.25) is 0 Å². The van der Waals surface area contributed by atoms with Crippen molar-refractivity contribution in [2.75, 3.05) is 0 Å². The van der Waals surface area contributed by atoms with E-state index in [4.69, 9.17) is 4.42 Å². The van der Waals surface area contributed by atoms with Crippen LogP contribution >= 0.6 is 0 Å². The Labute approximate surface area is 214 Å². The minimum atomic E-state index is 0.924. The van der Waals surface area contributed by atoms with Crippen molar-refractivity contribution in [2.24, 2.45) is 0 Å². The van der Waals surface area contributed by atoms with E-state index < -0.39 is 0 Å². The van der Waals surface area contributed by atoms with Gasteiger partial charge in [0.05, 0.1) is 0 Å². The zero-order valence-electron chi connectivity index (χ0n) is 20.1. The third kappa shape index (κ3) is 3.11. The van der Waals surface area contributed by atoms with E-state index in [2.05, 4.69) is 127 Å². The zero-order chi connectivity index (χ0) is 24.3. The minimum absolute atomic E-state index is 0.924. The monoisotopic (exact) mass is 470 g/mol. The maximum absolute atomic E-state index is 6.64. The van der Waals surface area contributed by atoms with Crippen LogP contribution in [0.5, 0.6) is 0 Å². The highest BCUT2D eigenvalue weighted by molar-refractivity contribution is 6.30. The standard InChI is InChI=1S/C36H22O/c1-2-8-23(9-3-1)28-17-19-32-34(22-28)37-36-31-18-16-27(26-15-14-24-10-4-5-11-25(24)20-26)21-33(31)29-12-6-7-13-30(29)35(32)36/h1-22H. The lowest BCUT2D eigenvalue weighted by Crippen LogP contribution is -1.84. The number of hydrogen-bond donors (Lipinski definition) is 0. The maximum atomic E-state index is 6.64. The lowest BCUT2D eigenvalue weighted by molar-refractivity contribution is 0.673. The molecule has 37 heavy (non-hydrogen) atoms. The van der Waals surface area contributed by atoms with Crippen LogP contribution in [0.2, 0.25) is 0 Å². The molecule has 0 N–H and O–H groups in total. The molecule has 1 heteroatoms. The van der Waals surface area contributed by atoms with E-state index in [0.29, 0.717) is 0 Å².